The fourth-order valence-corrected chi connectivity index (χ4v) is 11.5. The third-order valence-corrected chi connectivity index (χ3v) is 17.8. The molecule has 0 aromatic heterocycles. The Balaban J connectivity index is 5.47. The Morgan fingerprint density at radius 3 is 0.858 bits per heavy atom. The van der Waals surface area contributed by atoms with Gasteiger partial charge in [-0.3, -0.25) is 37.3 Å². The van der Waals surface area contributed by atoms with Crippen molar-refractivity contribution in [3.8, 4) is 0 Å². The first-order valence-electron chi connectivity index (χ1n) is 40.0. The maximum absolute atomic E-state index is 13.1. The highest BCUT2D eigenvalue weighted by Crippen LogP contribution is 2.45. The minimum Gasteiger partial charge on any atom is -0.462 e. The zero-order valence-corrected chi connectivity index (χ0v) is 67.3. The summed E-state index contributed by atoms with van der Waals surface area (Å²) in [4.78, 5) is 73.0. The second kappa shape index (κ2) is 77.3. The summed E-state index contributed by atoms with van der Waals surface area (Å²) in [5.74, 6) is -2.40. The molecular formula is C87H140O17P2. The van der Waals surface area contributed by atoms with Gasteiger partial charge in [0.2, 0.25) is 0 Å². The summed E-state index contributed by atoms with van der Waals surface area (Å²) in [5.41, 5.74) is 0. The number of hydrogen-bond donors (Lipinski definition) is 3. The molecule has 3 N–H and O–H groups in total. The highest BCUT2D eigenvalue weighted by Gasteiger charge is 2.30. The van der Waals surface area contributed by atoms with Crippen molar-refractivity contribution >= 4 is 39.5 Å². The van der Waals surface area contributed by atoms with Crippen LogP contribution in [0, 0.1) is 0 Å². The van der Waals surface area contributed by atoms with Gasteiger partial charge >= 0.3 is 39.5 Å². The number of rotatable bonds is 73. The van der Waals surface area contributed by atoms with Gasteiger partial charge in [-0.25, -0.2) is 9.13 Å². The van der Waals surface area contributed by atoms with Crippen LogP contribution in [0.5, 0.6) is 0 Å². The molecule has 0 aliphatic rings. The maximum Gasteiger partial charge on any atom is 0.472 e. The Hall–Kier alpha value is -5.84. The molecule has 106 heavy (non-hydrogen) atoms. The molecule has 0 aliphatic carbocycles. The zero-order chi connectivity index (χ0) is 77.4. The molecule has 5 unspecified atom stereocenters. The molecule has 0 rings (SSSR count). The van der Waals surface area contributed by atoms with Crippen LogP contribution in [-0.4, -0.2) is 96.7 Å². The number of carbonyl (C=O) groups is 4. The normalized spacial score (nSPS) is 14.8. The standard InChI is InChI=1S/C87H140O17P2/c1-5-9-13-17-21-25-29-33-36-38-40-42-45-48-51-55-59-63-67-71-84(89)97-77-82(103-86(91)73-69-65-61-57-53-47-32-28-24-20-16-12-8-4)79-101-105(93,94)99-75-81(88)76-100-106(95,96)102-80-83(104-87(92)74-70-66-62-58-54-50-44-35-31-27-23-19-15-11-7-3)78-98-85(90)72-68-64-60-56-52-49-46-43-41-39-37-34-30-26-22-18-14-10-6-2/h9-11,13-15,21-23,25-28,32-37,40-44,48,51,54,58,66,70,81-83,88H,5-8,12,16-20,24,29-31,38-39,45-47,49-50,52-53,55-57,59-65,67-69,71-80H2,1-4H3,(H,93,94)(H,95,96)/b13-9-,14-10-,15-11-,25-21-,26-22-,27-23-,32-28-,36-33-,37-34-,42-40-,43-41-,44-35-,51-48-,58-54-,70-66-. The molecule has 600 valence electrons. The lowest BCUT2D eigenvalue weighted by molar-refractivity contribution is -0.161. The monoisotopic (exact) mass is 1520 g/mol. The smallest absolute Gasteiger partial charge is 0.462 e. The van der Waals surface area contributed by atoms with Gasteiger partial charge in [0.1, 0.15) is 19.3 Å². The third-order valence-electron chi connectivity index (χ3n) is 15.9. The van der Waals surface area contributed by atoms with Crippen LogP contribution in [0.15, 0.2) is 182 Å². The van der Waals surface area contributed by atoms with Crippen LogP contribution in [0.4, 0.5) is 0 Å². The molecule has 0 aromatic carbocycles. The number of esters is 4. The summed E-state index contributed by atoms with van der Waals surface area (Å²) in [7, 11) is -10.0. The molecule has 0 heterocycles. The van der Waals surface area contributed by atoms with Gasteiger partial charge in [0.15, 0.2) is 12.2 Å². The largest absolute Gasteiger partial charge is 0.472 e. The fraction of sp³-hybridized carbons (Fsp3) is 0.609. The zero-order valence-electron chi connectivity index (χ0n) is 65.5. The van der Waals surface area contributed by atoms with Crippen LogP contribution in [0.3, 0.4) is 0 Å². The van der Waals surface area contributed by atoms with Crippen LogP contribution < -0.4 is 0 Å². The molecule has 0 aliphatic heterocycles. The highest BCUT2D eigenvalue weighted by molar-refractivity contribution is 7.47. The average molecular weight is 1520 g/mol. The van der Waals surface area contributed by atoms with E-state index < -0.39 is 97.5 Å². The average Bonchev–Trinajstić information content (AvgIpc) is 0.901. The number of ether oxygens (including phenoxy) is 4. The summed E-state index contributed by atoms with van der Waals surface area (Å²) in [6.45, 7) is 4.32. The highest BCUT2D eigenvalue weighted by atomic mass is 31.2. The van der Waals surface area contributed by atoms with Crippen LogP contribution in [0.1, 0.15) is 285 Å². The van der Waals surface area contributed by atoms with Gasteiger partial charge in [-0.2, -0.15) is 0 Å². The lowest BCUT2D eigenvalue weighted by atomic mass is 10.1. The summed E-state index contributed by atoms with van der Waals surface area (Å²) in [6.07, 6.45) is 93.3. The van der Waals surface area contributed by atoms with Gasteiger partial charge in [0.05, 0.1) is 32.8 Å². The number of allylic oxidation sites excluding steroid dienone is 29. The summed E-state index contributed by atoms with van der Waals surface area (Å²) < 4.78 is 68.4. The van der Waals surface area contributed by atoms with Crippen molar-refractivity contribution in [1.82, 2.24) is 0 Å². The number of aliphatic hydroxyl groups excluding tert-OH is 1. The molecule has 17 nitrogen and oxygen atoms in total. The first kappa shape index (κ1) is 100. The first-order chi connectivity index (χ1) is 51.7. The van der Waals surface area contributed by atoms with Crippen molar-refractivity contribution in [1.29, 1.82) is 0 Å². The van der Waals surface area contributed by atoms with Crippen molar-refractivity contribution < 1.29 is 80.2 Å². The van der Waals surface area contributed by atoms with Crippen molar-refractivity contribution in [3.63, 3.8) is 0 Å². The van der Waals surface area contributed by atoms with Gasteiger partial charge in [-0.15, -0.1) is 0 Å². The van der Waals surface area contributed by atoms with Crippen molar-refractivity contribution in [2.24, 2.45) is 0 Å². The van der Waals surface area contributed by atoms with E-state index in [9.17, 15) is 43.2 Å². The van der Waals surface area contributed by atoms with E-state index in [1.165, 1.54) is 25.7 Å². The molecule has 0 radical (unpaired) electrons. The van der Waals surface area contributed by atoms with Gasteiger partial charge in [0, 0.05) is 19.3 Å². The summed E-state index contributed by atoms with van der Waals surface area (Å²) in [6, 6.07) is 0. The Kier molecular flexibility index (Phi) is 73.1. The topological polar surface area (TPSA) is 237 Å². The molecule has 0 spiro atoms. The maximum atomic E-state index is 13.1. The Morgan fingerprint density at radius 1 is 0.283 bits per heavy atom. The van der Waals surface area contributed by atoms with Crippen molar-refractivity contribution in [2.75, 3.05) is 39.6 Å². The van der Waals surface area contributed by atoms with E-state index in [4.69, 9.17) is 37.0 Å². The van der Waals surface area contributed by atoms with Gasteiger partial charge < -0.3 is 33.8 Å². The minimum atomic E-state index is -5.02. The van der Waals surface area contributed by atoms with Crippen molar-refractivity contribution in [3.05, 3.63) is 182 Å². The second-order valence-corrected chi connectivity index (χ2v) is 28.8. The Morgan fingerprint density at radius 2 is 0.528 bits per heavy atom. The van der Waals surface area contributed by atoms with Crippen LogP contribution >= 0.6 is 15.6 Å². The van der Waals surface area contributed by atoms with Gasteiger partial charge in [-0.1, -0.05) is 281 Å². The van der Waals surface area contributed by atoms with E-state index >= 15 is 0 Å². The number of carbonyl (C=O) groups excluding carboxylic acids is 4. The molecular weight excluding hydrogens is 1380 g/mol. The molecule has 0 aromatic rings. The van der Waals surface area contributed by atoms with E-state index in [1.54, 1.807) is 12.2 Å². The van der Waals surface area contributed by atoms with Crippen LogP contribution in [0.25, 0.3) is 0 Å². The Bertz CT molecular complexity index is 2730. The SMILES string of the molecule is CC/C=C\C/C=C\C/C=C\C/C=C\C/C=C\CCCCCC(=O)OCC(COP(=O)(O)OCC(O)COP(=O)(O)OCC(COC(=O)CCCCCCCC/C=C\C/C=C\C/C=C\C/C=C\CC)OC(=O)C/C=C\C/C=C\C/C=C\C/C=C\C/C=C\CC)OC(=O)CCCCCCC/C=C\CCCCCC. The molecule has 0 saturated heterocycles. The third kappa shape index (κ3) is 76.4. The molecule has 0 saturated carbocycles. The molecule has 5 atom stereocenters. The van der Waals surface area contributed by atoms with Crippen LogP contribution in [0.2, 0.25) is 0 Å². The lowest BCUT2D eigenvalue weighted by Gasteiger charge is -2.21. The van der Waals surface area contributed by atoms with Gasteiger partial charge in [-0.05, 0) is 161 Å². The predicted octanol–water partition coefficient (Wildman–Crippen LogP) is 23.6. The molecule has 0 bridgehead atoms. The number of phosphoric acid groups is 2. The quantitative estimate of drug-likeness (QED) is 0.0169. The number of aliphatic hydroxyl groups is 1. The fourth-order valence-electron chi connectivity index (χ4n) is 9.89. The minimum absolute atomic E-state index is 0.0683. The van der Waals surface area contributed by atoms with E-state index in [2.05, 4.69) is 186 Å². The number of hydrogen-bond acceptors (Lipinski definition) is 15. The first-order valence-corrected chi connectivity index (χ1v) is 43.0. The van der Waals surface area contributed by atoms with E-state index in [-0.39, 0.29) is 25.7 Å². The van der Waals surface area contributed by atoms with Gasteiger partial charge in [0.25, 0.3) is 0 Å². The second-order valence-electron chi connectivity index (χ2n) is 25.9. The Labute approximate surface area is 641 Å². The van der Waals surface area contributed by atoms with Crippen molar-refractivity contribution in [2.45, 2.75) is 303 Å². The number of unbranched alkanes of at least 4 members (excludes halogenated alkanes) is 18. The summed E-state index contributed by atoms with van der Waals surface area (Å²) >= 11 is 0. The molecule has 19 heteroatoms. The predicted molar refractivity (Wildman–Crippen MR) is 436 cm³/mol. The number of phosphoric ester groups is 2. The molecule has 0 amide bonds. The lowest BCUT2D eigenvalue weighted by Crippen LogP contribution is -2.30. The van der Waals surface area contributed by atoms with E-state index in [0.717, 1.165) is 180 Å². The molecule has 0 fully saturated rings. The van der Waals surface area contributed by atoms with Crippen LogP contribution in [-0.2, 0) is 65.4 Å². The van der Waals surface area contributed by atoms with E-state index in [1.807, 2.05) is 12.2 Å². The van der Waals surface area contributed by atoms with E-state index in [0.29, 0.717) is 25.7 Å². The summed E-state index contributed by atoms with van der Waals surface area (Å²) in [5, 5.41) is 10.6.